The van der Waals surface area contributed by atoms with Crippen LogP contribution in [0.5, 0.6) is 17.2 Å². The number of benzene rings is 2. The highest BCUT2D eigenvalue weighted by molar-refractivity contribution is 6.33. The molecule has 2 aromatic carbocycles. The Morgan fingerprint density at radius 1 is 0.909 bits per heavy atom. The summed E-state index contributed by atoms with van der Waals surface area (Å²) in [6.07, 6.45) is 0. The molecule has 0 N–H and O–H groups in total. The van der Waals surface area contributed by atoms with E-state index in [2.05, 4.69) is 4.90 Å². The van der Waals surface area contributed by atoms with E-state index in [-0.39, 0.29) is 5.91 Å². The van der Waals surface area contributed by atoms with Crippen molar-refractivity contribution in [3.63, 3.8) is 0 Å². The second-order valence-electron chi connectivity index (χ2n) is 7.71. The molecule has 0 unspecified atom stereocenters. The predicted molar refractivity (Wildman–Crippen MR) is 126 cm³/mol. The molecule has 1 aliphatic rings. The molecule has 8 heteroatoms. The molecule has 0 radical (unpaired) electrons. The first-order valence-electron chi connectivity index (χ1n) is 10.7. The van der Waals surface area contributed by atoms with Gasteiger partial charge >= 0.3 is 0 Å². The maximum Gasteiger partial charge on any atom is 0.289 e. The van der Waals surface area contributed by atoms with E-state index in [0.717, 1.165) is 24.2 Å². The molecule has 174 valence electrons. The minimum Gasteiger partial charge on any atom is -0.493 e. The molecule has 1 amide bonds. The molecule has 1 aliphatic heterocycles. The number of ether oxygens (including phenoxy) is 3. The largest absolute Gasteiger partial charge is 0.493 e. The number of halogens is 1. The fraction of sp³-hybridized carbons (Fsp3) is 0.320. The van der Waals surface area contributed by atoms with E-state index in [1.165, 1.54) is 0 Å². The van der Waals surface area contributed by atoms with Gasteiger partial charge in [-0.1, -0.05) is 29.8 Å². The molecule has 1 fully saturated rings. The van der Waals surface area contributed by atoms with Gasteiger partial charge in [0.25, 0.3) is 5.91 Å². The molecular formula is C25H27ClN2O5. The standard InChI is InChI=1S/C25H27ClN2O5/c1-30-21-9-8-17(23(31-2)24(21)32-3)16-27-12-14-28(15-13-27)25(29)22-11-10-20(33-22)18-6-4-5-7-19(18)26/h4-11H,12-16H2,1-3H3. The first kappa shape index (κ1) is 23.0. The first-order valence-corrected chi connectivity index (χ1v) is 11.1. The Kier molecular flexibility index (Phi) is 7.11. The van der Waals surface area contributed by atoms with Gasteiger partial charge in [0.1, 0.15) is 5.76 Å². The minimum absolute atomic E-state index is 0.114. The number of hydrogen-bond acceptors (Lipinski definition) is 6. The lowest BCUT2D eigenvalue weighted by Gasteiger charge is -2.34. The number of hydrogen-bond donors (Lipinski definition) is 0. The molecular weight excluding hydrogens is 444 g/mol. The topological polar surface area (TPSA) is 64.4 Å². The van der Waals surface area contributed by atoms with Gasteiger partial charge in [0.05, 0.1) is 26.4 Å². The Bertz CT molecular complexity index is 1120. The van der Waals surface area contributed by atoms with Crippen LogP contribution in [0, 0.1) is 0 Å². The van der Waals surface area contributed by atoms with Crippen LogP contribution >= 0.6 is 11.6 Å². The van der Waals surface area contributed by atoms with E-state index in [1.54, 1.807) is 39.5 Å². The maximum absolute atomic E-state index is 13.0. The zero-order valence-electron chi connectivity index (χ0n) is 19.0. The van der Waals surface area contributed by atoms with Gasteiger partial charge in [-0.15, -0.1) is 0 Å². The molecule has 0 bridgehead atoms. The Labute approximate surface area is 198 Å². The van der Waals surface area contributed by atoms with E-state index in [0.29, 0.717) is 53.4 Å². The van der Waals surface area contributed by atoms with Crippen LogP contribution in [0.3, 0.4) is 0 Å². The summed E-state index contributed by atoms with van der Waals surface area (Å²) >= 11 is 6.25. The third-order valence-electron chi connectivity index (χ3n) is 5.80. The summed E-state index contributed by atoms with van der Waals surface area (Å²) < 4.78 is 22.3. The highest BCUT2D eigenvalue weighted by atomic mass is 35.5. The van der Waals surface area contributed by atoms with Crippen molar-refractivity contribution in [2.45, 2.75) is 6.54 Å². The molecule has 0 atom stereocenters. The number of nitrogens with zero attached hydrogens (tertiary/aromatic N) is 2. The number of methoxy groups -OCH3 is 3. The van der Waals surface area contributed by atoms with Crippen LogP contribution in [0.1, 0.15) is 16.1 Å². The van der Waals surface area contributed by atoms with Crippen molar-refractivity contribution in [2.75, 3.05) is 47.5 Å². The normalized spacial score (nSPS) is 14.2. The molecule has 7 nitrogen and oxygen atoms in total. The van der Waals surface area contributed by atoms with Crippen LogP contribution in [0.4, 0.5) is 0 Å². The van der Waals surface area contributed by atoms with Gasteiger partial charge in [-0.3, -0.25) is 9.69 Å². The zero-order valence-corrected chi connectivity index (χ0v) is 19.7. The van der Waals surface area contributed by atoms with Crippen LogP contribution in [0.15, 0.2) is 52.9 Å². The summed E-state index contributed by atoms with van der Waals surface area (Å²) in [4.78, 5) is 17.1. The molecule has 0 spiro atoms. The van der Waals surface area contributed by atoms with Crippen LogP contribution in [0.25, 0.3) is 11.3 Å². The van der Waals surface area contributed by atoms with Crippen molar-refractivity contribution in [2.24, 2.45) is 0 Å². The number of carbonyl (C=O) groups is 1. The number of amides is 1. The molecule has 1 aromatic heterocycles. The summed E-state index contributed by atoms with van der Waals surface area (Å²) in [5, 5.41) is 0.588. The third-order valence-corrected chi connectivity index (χ3v) is 6.12. The quantitative estimate of drug-likeness (QED) is 0.503. The SMILES string of the molecule is COc1ccc(CN2CCN(C(=O)c3ccc(-c4ccccc4Cl)o3)CC2)c(OC)c1OC. The highest BCUT2D eigenvalue weighted by Crippen LogP contribution is 2.40. The van der Waals surface area contributed by atoms with Crippen molar-refractivity contribution >= 4 is 17.5 Å². The number of carbonyl (C=O) groups excluding carboxylic acids is 1. The number of furan rings is 1. The fourth-order valence-electron chi connectivity index (χ4n) is 4.05. The Balaban J connectivity index is 1.40. The second kappa shape index (κ2) is 10.2. The third kappa shape index (κ3) is 4.79. The fourth-order valence-corrected chi connectivity index (χ4v) is 4.28. The van der Waals surface area contributed by atoms with Crippen molar-refractivity contribution < 1.29 is 23.4 Å². The summed E-state index contributed by atoms with van der Waals surface area (Å²) in [5.74, 6) is 2.67. The van der Waals surface area contributed by atoms with Crippen molar-refractivity contribution in [1.29, 1.82) is 0 Å². The van der Waals surface area contributed by atoms with Crippen LogP contribution in [0.2, 0.25) is 5.02 Å². The van der Waals surface area contributed by atoms with Gasteiger partial charge in [-0.05, 0) is 30.3 Å². The van der Waals surface area contributed by atoms with Gasteiger partial charge in [0.2, 0.25) is 5.75 Å². The van der Waals surface area contributed by atoms with E-state index in [4.69, 9.17) is 30.2 Å². The van der Waals surface area contributed by atoms with Crippen molar-refractivity contribution in [3.05, 3.63) is 64.9 Å². The van der Waals surface area contributed by atoms with Crippen molar-refractivity contribution in [1.82, 2.24) is 9.80 Å². The molecule has 1 saturated heterocycles. The van der Waals surface area contributed by atoms with Gasteiger partial charge in [0, 0.05) is 43.9 Å². The van der Waals surface area contributed by atoms with Gasteiger partial charge in [-0.2, -0.15) is 0 Å². The lowest BCUT2D eigenvalue weighted by atomic mass is 10.1. The number of rotatable bonds is 7. The molecule has 3 aromatic rings. The monoisotopic (exact) mass is 470 g/mol. The molecule has 2 heterocycles. The predicted octanol–water partition coefficient (Wildman–Crippen LogP) is 4.58. The van der Waals surface area contributed by atoms with E-state index in [9.17, 15) is 4.79 Å². The summed E-state index contributed by atoms with van der Waals surface area (Å²) in [6.45, 7) is 3.37. The highest BCUT2D eigenvalue weighted by Gasteiger charge is 2.26. The van der Waals surface area contributed by atoms with Crippen molar-refractivity contribution in [3.8, 4) is 28.6 Å². The zero-order chi connectivity index (χ0) is 23.4. The van der Waals surface area contributed by atoms with Crippen LogP contribution in [-0.4, -0.2) is 63.2 Å². The average molecular weight is 471 g/mol. The van der Waals surface area contributed by atoms with Crippen LogP contribution in [-0.2, 0) is 6.54 Å². The lowest BCUT2D eigenvalue weighted by Crippen LogP contribution is -2.48. The summed E-state index contributed by atoms with van der Waals surface area (Å²) in [6, 6.07) is 14.8. The minimum atomic E-state index is -0.114. The summed E-state index contributed by atoms with van der Waals surface area (Å²) in [5.41, 5.74) is 1.78. The smallest absolute Gasteiger partial charge is 0.289 e. The van der Waals surface area contributed by atoms with Gasteiger partial charge < -0.3 is 23.5 Å². The van der Waals surface area contributed by atoms with E-state index < -0.39 is 0 Å². The van der Waals surface area contributed by atoms with Crippen LogP contribution < -0.4 is 14.2 Å². The molecule has 33 heavy (non-hydrogen) atoms. The van der Waals surface area contributed by atoms with E-state index in [1.807, 2.05) is 35.2 Å². The molecule has 0 aliphatic carbocycles. The van der Waals surface area contributed by atoms with Gasteiger partial charge in [-0.25, -0.2) is 0 Å². The Hall–Kier alpha value is -3.16. The summed E-state index contributed by atoms with van der Waals surface area (Å²) in [7, 11) is 4.82. The number of piperazine rings is 1. The molecule has 4 rings (SSSR count). The van der Waals surface area contributed by atoms with E-state index >= 15 is 0 Å². The Morgan fingerprint density at radius 2 is 1.64 bits per heavy atom. The Morgan fingerprint density at radius 3 is 2.30 bits per heavy atom. The maximum atomic E-state index is 13.0. The average Bonchev–Trinajstić information content (AvgIpc) is 3.34. The lowest BCUT2D eigenvalue weighted by molar-refractivity contribution is 0.0597. The molecule has 0 saturated carbocycles. The second-order valence-corrected chi connectivity index (χ2v) is 8.11. The first-order chi connectivity index (χ1) is 16.0. The van der Waals surface area contributed by atoms with Gasteiger partial charge in [0.15, 0.2) is 17.3 Å².